The highest BCUT2D eigenvalue weighted by Gasteiger charge is 2.25. The van der Waals surface area contributed by atoms with E-state index in [9.17, 15) is 0 Å². The van der Waals surface area contributed by atoms with E-state index < -0.39 is 0 Å². The van der Waals surface area contributed by atoms with Gasteiger partial charge in [0.25, 0.3) is 0 Å². The monoisotopic (exact) mass is 313 g/mol. The molecule has 2 heterocycles. The summed E-state index contributed by atoms with van der Waals surface area (Å²) in [6.45, 7) is 5.15. The Morgan fingerprint density at radius 1 is 1.32 bits per heavy atom. The lowest BCUT2D eigenvalue weighted by Crippen LogP contribution is -2.39. The highest BCUT2D eigenvalue weighted by Crippen LogP contribution is 2.27. The molecule has 1 unspecified atom stereocenters. The Labute approximate surface area is 136 Å². The molecule has 116 valence electrons. The number of nitrogens with one attached hydrogen (secondary N) is 1. The minimum atomic E-state index is 0.614. The molecule has 1 aliphatic heterocycles. The van der Waals surface area contributed by atoms with Crippen LogP contribution in [-0.4, -0.2) is 31.0 Å². The van der Waals surface area contributed by atoms with E-state index in [0.717, 1.165) is 25.6 Å². The summed E-state index contributed by atoms with van der Waals surface area (Å²) in [5.41, 5.74) is 2.80. The van der Waals surface area contributed by atoms with Crippen LogP contribution in [0.5, 0.6) is 0 Å². The molecule has 1 atom stereocenters. The number of benzene rings is 1. The molecule has 1 saturated heterocycles. The second kappa shape index (κ2) is 6.97. The molecule has 0 radical (unpaired) electrons. The topological polar surface area (TPSA) is 27.6 Å². The lowest BCUT2D eigenvalue weighted by molar-refractivity contribution is 0.486. The number of aryl methyl sites for hydroxylation is 1. The van der Waals surface area contributed by atoms with E-state index in [2.05, 4.69) is 63.9 Å². The van der Waals surface area contributed by atoms with Crippen LogP contribution in [-0.2, 0) is 6.54 Å². The molecule has 3 rings (SSSR count). The van der Waals surface area contributed by atoms with Crippen LogP contribution in [0.1, 0.15) is 28.3 Å². The zero-order valence-corrected chi connectivity index (χ0v) is 14.1. The van der Waals surface area contributed by atoms with E-state index >= 15 is 0 Å². The number of hydrogen-bond acceptors (Lipinski definition) is 2. The predicted molar refractivity (Wildman–Crippen MR) is 94.6 cm³/mol. The van der Waals surface area contributed by atoms with Crippen LogP contribution < -0.4 is 5.32 Å². The third kappa shape index (κ3) is 3.33. The van der Waals surface area contributed by atoms with Crippen LogP contribution in [0.3, 0.4) is 0 Å². The van der Waals surface area contributed by atoms with Gasteiger partial charge in [0.15, 0.2) is 5.96 Å². The Morgan fingerprint density at radius 3 is 2.82 bits per heavy atom. The van der Waals surface area contributed by atoms with Crippen LogP contribution in [0.25, 0.3) is 0 Å². The zero-order chi connectivity index (χ0) is 15.4. The molecule has 0 bridgehead atoms. The third-order valence-electron chi connectivity index (χ3n) is 4.35. The van der Waals surface area contributed by atoms with Gasteiger partial charge in [-0.25, -0.2) is 0 Å². The Kier molecular flexibility index (Phi) is 4.78. The number of aliphatic imine (C=N–C) groups is 1. The minimum Gasteiger partial charge on any atom is -0.351 e. The predicted octanol–water partition coefficient (Wildman–Crippen LogP) is 3.62. The van der Waals surface area contributed by atoms with E-state index in [1.54, 1.807) is 11.3 Å². The number of nitrogens with zero attached hydrogens (tertiary/aromatic N) is 2. The highest BCUT2D eigenvalue weighted by molar-refractivity contribution is 7.10. The summed E-state index contributed by atoms with van der Waals surface area (Å²) in [4.78, 5) is 8.23. The zero-order valence-electron chi connectivity index (χ0n) is 13.2. The number of hydrogen-bond donors (Lipinski definition) is 1. The SMILES string of the molecule is CN=C(NCc1sccc1C)N1CCC(c2ccccc2)C1. The molecule has 1 aliphatic rings. The molecule has 0 spiro atoms. The standard InChI is InChI=1S/C18H23N3S/c1-14-9-11-22-17(14)12-20-18(19-2)21-10-8-16(13-21)15-6-4-3-5-7-15/h3-7,9,11,16H,8,10,12-13H2,1-2H3,(H,19,20). The Bertz CT molecular complexity index is 633. The fourth-order valence-electron chi connectivity index (χ4n) is 3.03. The van der Waals surface area contributed by atoms with Gasteiger partial charge in [0, 0.05) is 30.9 Å². The summed E-state index contributed by atoms with van der Waals surface area (Å²) < 4.78 is 0. The first kappa shape index (κ1) is 15.1. The first-order chi connectivity index (χ1) is 10.8. The highest BCUT2D eigenvalue weighted by atomic mass is 32.1. The van der Waals surface area contributed by atoms with Crippen molar-refractivity contribution in [1.82, 2.24) is 10.2 Å². The van der Waals surface area contributed by atoms with Crippen molar-refractivity contribution in [2.24, 2.45) is 4.99 Å². The van der Waals surface area contributed by atoms with Gasteiger partial charge >= 0.3 is 0 Å². The van der Waals surface area contributed by atoms with Crippen molar-refractivity contribution in [1.29, 1.82) is 0 Å². The van der Waals surface area contributed by atoms with E-state index in [4.69, 9.17) is 0 Å². The molecular weight excluding hydrogens is 290 g/mol. The molecule has 1 aromatic heterocycles. The molecule has 1 aromatic carbocycles. The van der Waals surface area contributed by atoms with Crippen molar-refractivity contribution in [2.45, 2.75) is 25.8 Å². The molecule has 0 saturated carbocycles. The average molecular weight is 313 g/mol. The number of thiophene rings is 1. The van der Waals surface area contributed by atoms with Crippen molar-refractivity contribution in [3.05, 3.63) is 57.8 Å². The summed E-state index contributed by atoms with van der Waals surface area (Å²) >= 11 is 1.81. The molecule has 22 heavy (non-hydrogen) atoms. The van der Waals surface area contributed by atoms with Crippen molar-refractivity contribution in [2.75, 3.05) is 20.1 Å². The van der Waals surface area contributed by atoms with Crippen LogP contribution in [0.15, 0.2) is 46.8 Å². The number of rotatable bonds is 3. The van der Waals surface area contributed by atoms with Gasteiger partial charge in [-0.3, -0.25) is 4.99 Å². The summed E-state index contributed by atoms with van der Waals surface area (Å²) in [6, 6.07) is 13.0. The Hall–Kier alpha value is -1.81. The van der Waals surface area contributed by atoms with Gasteiger partial charge in [-0.15, -0.1) is 11.3 Å². The van der Waals surface area contributed by atoms with Gasteiger partial charge in [0.1, 0.15) is 0 Å². The van der Waals surface area contributed by atoms with Crippen LogP contribution in [0.2, 0.25) is 0 Å². The van der Waals surface area contributed by atoms with Crippen molar-refractivity contribution in [3.63, 3.8) is 0 Å². The normalized spacial score (nSPS) is 18.7. The summed E-state index contributed by atoms with van der Waals surface area (Å²) in [6.07, 6.45) is 1.20. The molecule has 0 amide bonds. The molecule has 1 N–H and O–H groups in total. The first-order valence-corrected chi connectivity index (χ1v) is 8.69. The van der Waals surface area contributed by atoms with Gasteiger partial charge in [0.05, 0.1) is 6.54 Å². The molecule has 1 fully saturated rings. The van der Waals surface area contributed by atoms with Crippen molar-refractivity contribution < 1.29 is 0 Å². The smallest absolute Gasteiger partial charge is 0.193 e. The van der Waals surface area contributed by atoms with Crippen molar-refractivity contribution >= 4 is 17.3 Å². The fourth-order valence-corrected chi connectivity index (χ4v) is 3.87. The molecule has 0 aliphatic carbocycles. The fraction of sp³-hybridized carbons (Fsp3) is 0.389. The number of guanidine groups is 1. The maximum Gasteiger partial charge on any atom is 0.193 e. The van der Waals surface area contributed by atoms with Gasteiger partial charge in [0.2, 0.25) is 0 Å². The van der Waals surface area contributed by atoms with Gasteiger partial charge in [-0.1, -0.05) is 30.3 Å². The molecule has 4 heteroatoms. The largest absolute Gasteiger partial charge is 0.351 e. The summed E-state index contributed by atoms with van der Waals surface area (Å²) in [7, 11) is 1.87. The lowest BCUT2D eigenvalue weighted by Gasteiger charge is -2.21. The van der Waals surface area contributed by atoms with Crippen molar-refractivity contribution in [3.8, 4) is 0 Å². The van der Waals surface area contributed by atoms with Gasteiger partial charge in [-0.05, 0) is 35.9 Å². The first-order valence-electron chi connectivity index (χ1n) is 7.81. The van der Waals surface area contributed by atoms with E-state index in [1.807, 2.05) is 7.05 Å². The minimum absolute atomic E-state index is 0.614. The Morgan fingerprint density at radius 2 is 2.14 bits per heavy atom. The second-order valence-electron chi connectivity index (χ2n) is 5.77. The Balaban J connectivity index is 1.60. The van der Waals surface area contributed by atoms with E-state index in [-0.39, 0.29) is 0 Å². The summed E-state index contributed by atoms with van der Waals surface area (Å²) in [5.74, 6) is 1.63. The van der Waals surface area contributed by atoms with Crippen LogP contribution in [0.4, 0.5) is 0 Å². The van der Waals surface area contributed by atoms with Gasteiger partial charge in [-0.2, -0.15) is 0 Å². The van der Waals surface area contributed by atoms with E-state index in [1.165, 1.54) is 22.4 Å². The third-order valence-corrected chi connectivity index (χ3v) is 5.37. The number of likely N-dealkylation sites (tertiary alicyclic amines) is 1. The van der Waals surface area contributed by atoms with Gasteiger partial charge < -0.3 is 10.2 Å². The average Bonchev–Trinajstić information content (AvgIpc) is 3.19. The summed E-state index contributed by atoms with van der Waals surface area (Å²) in [5, 5.41) is 5.66. The maximum atomic E-state index is 4.46. The van der Waals surface area contributed by atoms with Crippen LogP contribution >= 0.6 is 11.3 Å². The van der Waals surface area contributed by atoms with E-state index in [0.29, 0.717) is 5.92 Å². The molecule has 2 aromatic rings. The molecular formula is C18H23N3S. The molecule has 3 nitrogen and oxygen atoms in total. The maximum absolute atomic E-state index is 4.46. The quantitative estimate of drug-likeness (QED) is 0.692. The lowest BCUT2D eigenvalue weighted by atomic mass is 9.99. The van der Waals surface area contributed by atoms with Crippen LogP contribution in [0, 0.1) is 6.92 Å². The second-order valence-corrected chi connectivity index (χ2v) is 6.77.